The second-order valence-corrected chi connectivity index (χ2v) is 5.22. The van der Waals surface area contributed by atoms with Gasteiger partial charge in [-0.05, 0) is 32.0 Å². The van der Waals surface area contributed by atoms with E-state index in [0.717, 1.165) is 0 Å². The molecule has 0 saturated heterocycles. The minimum atomic E-state index is -0.531. The quantitative estimate of drug-likeness (QED) is 0.785. The summed E-state index contributed by atoms with van der Waals surface area (Å²) in [6.07, 6.45) is 0. The van der Waals surface area contributed by atoms with Crippen molar-refractivity contribution in [2.45, 2.75) is 13.8 Å². The molecule has 0 aliphatic rings. The Hall–Kier alpha value is -1.89. The molecule has 1 heterocycles. The Morgan fingerprint density at radius 2 is 2.19 bits per heavy atom. The van der Waals surface area contributed by atoms with E-state index in [1.54, 1.807) is 27.0 Å². The van der Waals surface area contributed by atoms with Crippen LogP contribution in [-0.4, -0.2) is 22.4 Å². The van der Waals surface area contributed by atoms with Crippen LogP contribution in [0.25, 0.3) is 0 Å². The summed E-state index contributed by atoms with van der Waals surface area (Å²) < 4.78 is 26.2. The Kier molecular flexibility index (Phi) is 4.62. The zero-order valence-corrected chi connectivity index (χ0v) is 13.4. The third-order valence-corrected chi connectivity index (χ3v) is 3.28. The van der Waals surface area contributed by atoms with E-state index in [4.69, 9.17) is 9.47 Å². The number of ether oxygens (including phenoxy) is 2. The zero-order chi connectivity index (χ0) is 15.6. The number of rotatable bonds is 4. The highest BCUT2D eigenvalue weighted by atomic mass is 79.9. The van der Waals surface area contributed by atoms with E-state index in [9.17, 15) is 9.18 Å². The molecule has 2 aromatic rings. The number of benzene rings is 1. The number of aromatic nitrogens is 2. The lowest BCUT2D eigenvalue weighted by molar-refractivity contribution is 0.0517. The number of aryl methyl sites for hydroxylation is 1. The van der Waals surface area contributed by atoms with Gasteiger partial charge in [0.05, 0.1) is 6.61 Å². The van der Waals surface area contributed by atoms with Crippen molar-refractivity contribution < 1.29 is 18.7 Å². The molecular formula is C14H14BrFN2O3. The van der Waals surface area contributed by atoms with Crippen LogP contribution in [0.15, 0.2) is 22.7 Å². The molecule has 0 fully saturated rings. The zero-order valence-electron chi connectivity index (χ0n) is 11.8. The van der Waals surface area contributed by atoms with Gasteiger partial charge in [0.15, 0.2) is 17.3 Å². The third kappa shape index (κ3) is 3.24. The summed E-state index contributed by atoms with van der Waals surface area (Å²) in [5.41, 5.74) is 0.658. The van der Waals surface area contributed by atoms with E-state index in [-0.39, 0.29) is 18.1 Å². The van der Waals surface area contributed by atoms with Gasteiger partial charge in [0.25, 0.3) is 0 Å². The van der Waals surface area contributed by atoms with Gasteiger partial charge in [-0.1, -0.05) is 15.9 Å². The number of hydrogen-bond donors (Lipinski definition) is 0. The van der Waals surface area contributed by atoms with Crippen molar-refractivity contribution in [2.24, 2.45) is 7.05 Å². The summed E-state index contributed by atoms with van der Waals surface area (Å²) in [4.78, 5) is 11.8. The molecule has 1 aromatic heterocycles. The molecule has 0 radical (unpaired) electrons. The van der Waals surface area contributed by atoms with Gasteiger partial charge in [-0.15, -0.1) is 0 Å². The predicted molar refractivity (Wildman–Crippen MR) is 78.1 cm³/mol. The summed E-state index contributed by atoms with van der Waals surface area (Å²) in [6.45, 7) is 3.64. The van der Waals surface area contributed by atoms with E-state index in [0.29, 0.717) is 15.9 Å². The van der Waals surface area contributed by atoms with Crippen LogP contribution in [0.2, 0.25) is 0 Å². The summed E-state index contributed by atoms with van der Waals surface area (Å²) >= 11 is 3.18. The molecule has 0 aliphatic heterocycles. The van der Waals surface area contributed by atoms with Crippen molar-refractivity contribution in [3.8, 4) is 11.6 Å². The van der Waals surface area contributed by atoms with Crippen LogP contribution in [0.4, 0.5) is 4.39 Å². The first-order chi connectivity index (χ1) is 9.93. The van der Waals surface area contributed by atoms with Gasteiger partial charge >= 0.3 is 5.97 Å². The fraction of sp³-hybridized carbons (Fsp3) is 0.286. The van der Waals surface area contributed by atoms with Crippen LogP contribution in [0.5, 0.6) is 11.6 Å². The van der Waals surface area contributed by atoms with Crippen LogP contribution >= 0.6 is 15.9 Å². The highest BCUT2D eigenvalue weighted by molar-refractivity contribution is 9.10. The number of carbonyl (C=O) groups is 1. The SMILES string of the molecule is CCOC(=O)c1nn(C)c(Oc2ccc(Br)cc2F)c1C. The Morgan fingerprint density at radius 1 is 1.48 bits per heavy atom. The van der Waals surface area contributed by atoms with Gasteiger partial charge < -0.3 is 9.47 Å². The molecule has 5 nitrogen and oxygen atoms in total. The molecule has 0 spiro atoms. The van der Waals surface area contributed by atoms with E-state index in [1.165, 1.54) is 16.8 Å². The van der Waals surface area contributed by atoms with Gasteiger partial charge in [0.2, 0.25) is 5.88 Å². The average Bonchev–Trinajstić information content (AvgIpc) is 2.70. The number of nitrogens with zero attached hydrogens (tertiary/aromatic N) is 2. The summed E-state index contributed by atoms with van der Waals surface area (Å²) in [5, 5.41) is 4.06. The molecule has 112 valence electrons. The predicted octanol–water partition coefficient (Wildman–Crippen LogP) is 3.60. The average molecular weight is 357 g/mol. The molecule has 0 amide bonds. The minimum Gasteiger partial charge on any atom is -0.461 e. The normalized spacial score (nSPS) is 10.5. The van der Waals surface area contributed by atoms with E-state index in [1.807, 2.05) is 0 Å². The molecule has 7 heteroatoms. The van der Waals surface area contributed by atoms with Gasteiger partial charge in [0, 0.05) is 17.1 Å². The van der Waals surface area contributed by atoms with Crippen LogP contribution < -0.4 is 4.74 Å². The Balaban J connectivity index is 2.34. The van der Waals surface area contributed by atoms with Crippen LogP contribution in [0, 0.1) is 12.7 Å². The van der Waals surface area contributed by atoms with Gasteiger partial charge in [-0.25, -0.2) is 13.9 Å². The second kappa shape index (κ2) is 6.26. The largest absolute Gasteiger partial charge is 0.461 e. The fourth-order valence-electron chi connectivity index (χ4n) is 1.81. The standard InChI is InChI=1S/C14H14BrFN2O3/c1-4-20-14(19)12-8(2)13(18(3)17-12)21-11-6-5-9(15)7-10(11)16/h5-7H,4H2,1-3H3. The van der Waals surface area contributed by atoms with Gasteiger partial charge in [0.1, 0.15) is 0 Å². The van der Waals surface area contributed by atoms with Crippen molar-refractivity contribution in [3.05, 3.63) is 39.7 Å². The fourth-order valence-corrected chi connectivity index (χ4v) is 2.15. The first-order valence-electron chi connectivity index (χ1n) is 6.27. The van der Waals surface area contributed by atoms with Crippen LogP contribution in [-0.2, 0) is 11.8 Å². The van der Waals surface area contributed by atoms with Crippen molar-refractivity contribution in [1.82, 2.24) is 9.78 Å². The molecular weight excluding hydrogens is 343 g/mol. The summed E-state index contributed by atoms with van der Waals surface area (Å²) in [7, 11) is 1.61. The maximum Gasteiger partial charge on any atom is 0.359 e. The smallest absolute Gasteiger partial charge is 0.359 e. The highest BCUT2D eigenvalue weighted by Crippen LogP contribution is 2.30. The molecule has 0 saturated carbocycles. The van der Waals surface area contributed by atoms with Crippen molar-refractivity contribution in [2.75, 3.05) is 6.61 Å². The lowest BCUT2D eigenvalue weighted by Gasteiger charge is -2.08. The first kappa shape index (κ1) is 15.5. The lowest BCUT2D eigenvalue weighted by Crippen LogP contribution is -2.07. The molecule has 1 aromatic carbocycles. The molecule has 21 heavy (non-hydrogen) atoms. The molecule has 0 aliphatic carbocycles. The minimum absolute atomic E-state index is 0.0553. The molecule has 0 bridgehead atoms. The maximum absolute atomic E-state index is 13.8. The number of carbonyl (C=O) groups excluding carboxylic acids is 1. The lowest BCUT2D eigenvalue weighted by atomic mass is 10.2. The second-order valence-electron chi connectivity index (χ2n) is 4.30. The van der Waals surface area contributed by atoms with E-state index in [2.05, 4.69) is 21.0 Å². The summed E-state index contributed by atoms with van der Waals surface area (Å²) in [5.74, 6) is -0.696. The van der Waals surface area contributed by atoms with Crippen LogP contribution in [0.3, 0.4) is 0 Å². The van der Waals surface area contributed by atoms with Gasteiger partial charge in [-0.2, -0.15) is 5.10 Å². The Morgan fingerprint density at radius 3 is 2.81 bits per heavy atom. The third-order valence-electron chi connectivity index (χ3n) is 2.79. The van der Waals surface area contributed by atoms with Gasteiger partial charge in [-0.3, -0.25) is 0 Å². The molecule has 0 N–H and O–H groups in total. The highest BCUT2D eigenvalue weighted by Gasteiger charge is 2.21. The summed E-state index contributed by atoms with van der Waals surface area (Å²) in [6, 6.07) is 4.46. The van der Waals surface area contributed by atoms with Crippen molar-refractivity contribution in [1.29, 1.82) is 0 Å². The van der Waals surface area contributed by atoms with E-state index < -0.39 is 11.8 Å². The monoisotopic (exact) mass is 356 g/mol. The van der Waals surface area contributed by atoms with Crippen LogP contribution in [0.1, 0.15) is 23.0 Å². The molecule has 0 unspecified atom stereocenters. The Bertz CT molecular complexity index is 685. The molecule has 2 rings (SSSR count). The number of esters is 1. The Labute approximate surface area is 129 Å². The number of hydrogen-bond acceptors (Lipinski definition) is 4. The van der Waals surface area contributed by atoms with Crippen molar-refractivity contribution in [3.63, 3.8) is 0 Å². The topological polar surface area (TPSA) is 53.3 Å². The first-order valence-corrected chi connectivity index (χ1v) is 7.07. The van der Waals surface area contributed by atoms with Crippen molar-refractivity contribution >= 4 is 21.9 Å². The maximum atomic E-state index is 13.8. The number of halogens is 2. The molecule has 0 atom stereocenters. The van der Waals surface area contributed by atoms with E-state index >= 15 is 0 Å².